The lowest BCUT2D eigenvalue weighted by Gasteiger charge is -2.18. The van der Waals surface area contributed by atoms with Crippen molar-refractivity contribution in [1.82, 2.24) is 0 Å². The summed E-state index contributed by atoms with van der Waals surface area (Å²) in [5.41, 5.74) is 0. The predicted molar refractivity (Wildman–Crippen MR) is 325 cm³/mol. The van der Waals surface area contributed by atoms with Gasteiger partial charge in [-0.05, 0) is 83.5 Å². The normalized spacial score (nSPS) is 12.3. The van der Waals surface area contributed by atoms with E-state index in [4.69, 9.17) is 14.2 Å². The van der Waals surface area contributed by atoms with E-state index in [1.165, 1.54) is 238 Å². The Morgan fingerprint density at radius 1 is 0.267 bits per heavy atom. The molecule has 0 saturated heterocycles. The number of carbonyl (C=O) groups excluding carboxylic acids is 3. The lowest BCUT2D eigenvalue weighted by molar-refractivity contribution is -0.167. The first kappa shape index (κ1) is 72.4. The molecule has 0 radical (unpaired) electrons. The van der Waals surface area contributed by atoms with Crippen molar-refractivity contribution >= 4 is 17.9 Å². The fraction of sp³-hybridized carbons (Fsp3) is 0.841. The number of ether oxygens (including phenoxy) is 3. The van der Waals surface area contributed by atoms with Gasteiger partial charge in [0.25, 0.3) is 0 Å². The lowest BCUT2D eigenvalue weighted by Crippen LogP contribution is -2.30. The van der Waals surface area contributed by atoms with E-state index in [9.17, 15) is 14.4 Å². The van der Waals surface area contributed by atoms with Gasteiger partial charge in [-0.15, -0.1) is 0 Å². The van der Waals surface area contributed by atoms with Gasteiger partial charge in [-0.3, -0.25) is 14.4 Å². The van der Waals surface area contributed by atoms with E-state index < -0.39 is 6.10 Å². The first-order valence-corrected chi connectivity index (χ1v) is 33.1. The van der Waals surface area contributed by atoms with Crippen molar-refractivity contribution in [3.05, 3.63) is 48.6 Å². The summed E-state index contributed by atoms with van der Waals surface area (Å²) in [6, 6.07) is 0. The minimum Gasteiger partial charge on any atom is -0.462 e. The van der Waals surface area contributed by atoms with E-state index in [2.05, 4.69) is 69.4 Å². The van der Waals surface area contributed by atoms with Crippen LogP contribution in [0, 0.1) is 0 Å². The number of hydrogen-bond donors (Lipinski definition) is 0. The van der Waals surface area contributed by atoms with Crippen LogP contribution >= 0.6 is 0 Å². The van der Waals surface area contributed by atoms with Gasteiger partial charge in [-0.2, -0.15) is 0 Å². The van der Waals surface area contributed by atoms with Gasteiger partial charge >= 0.3 is 17.9 Å². The Labute approximate surface area is 467 Å². The van der Waals surface area contributed by atoms with Crippen molar-refractivity contribution in [1.29, 1.82) is 0 Å². The van der Waals surface area contributed by atoms with E-state index in [1.54, 1.807) is 0 Å². The van der Waals surface area contributed by atoms with Crippen LogP contribution in [0.3, 0.4) is 0 Å². The highest BCUT2D eigenvalue weighted by molar-refractivity contribution is 5.71. The van der Waals surface area contributed by atoms with E-state index in [0.717, 1.165) is 77.0 Å². The molecule has 75 heavy (non-hydrogen) atoms. The molecule has 0 bridgehead atoms. The van der Waals surface area contributed by atoms with Gasteiger partial charge in [-0.1, -0.05) is 301 Å². The minimum absolute atomic E-state index is 0.0745. The summed E-state index contributed by atoms with van der Waals surface area (Å²) in [6.07, 6.45) is 80.0. The smallest absolute Gasteiger partial charge is 0.306 e. The summed E-state index contributed by atoms with van der Waals surface area (Å²) in [6.45, 7) is 6.63. The lowest BCUT2D eigenvalue weighted by atomic mass is 10.0. The number of unbranched alkanes of at least 4 members (excludes halogenated alkanes) is 42. The van der Waals surface area contributed by atoms with E-state index in [-0.39, 0.29) is 31.1 Å². The quantitative estimate of drug-likeness (QED) is 0.0261. The zero-order valence-corrected chi connectivity index (χ0v) is 50.3. The molecule has 0 aliphatic heterocycles. The first-order valence-electron chi connectivity index (χ1n) is 33.1. The predicted octanol–water partition coefficient (Wildman–Crippen LogP) is 22.6. The van der Waals surface area contributed by atoms with Gasteiger partial charge < -0.3 is 14.2 Å². The van der Waals surface area contributed by atoms with Crippen LogP contribution in [0.15, 0.2) is 48.6 Å². The Balaban J connectivity index is 4.12. The Morgan fingerprint density at radius 2 is 0.480 bits per heavy atom. The van der Waals surface area contributed by atoms with E-state index in [0.29, 0.717) is 19.3 Å². The standard InChI is InChI=1S/C69H126O6/c1-4-7-10-13-16-19-21-23-25-27-29-30-31-32-33-34-35-36-37-38-40-41-43-45-47-50-53-56-59-62-68(71)74-65-66(64-73-67(70)61-58-55-52-49-18-15-12-9-6-3)75-69(72)63-60-57-54-51-48-46-44-42-39-28-26-24-22-20-17-14-11-8-5-2/h17,20,24,26-27,29,39,42,66H,4-16,18-19,21-23,25,28,30-38,40-41,43-65H2,1-3H3/b20-17-,26-24-,29-27-,42-39-. The van der Waals surface area contributed by atoms with Gasteiger partial charge in [0, 0.05) is 19.3 Å². The van der Waals surface area contributed by atoms with Crippen molar-refractivity contribution < 1.29 is 28.6 Å². The number of rotatable bonds is 61. The summed E-state index contributed by atoms with van der Waals surface area (Å²) in [5, 5.41) is 0. The highest BCUT2D eigenvalue weighted by atomic mass is 16.6. The van der Waals surface area contributed by atoms with Crippen LogP contribution in [0.1, 0.15) is 355 Å². The second-order valence-electron chi connectivity index (χ2n) is 22.4. The Bertz CT molecular complexity index is 1300. The molecule has 0 aromatic carbocycles. The van der Waals surface area contributed by atoms with Crippen LogP contribution in [0.5, 0.6) is 0 Å². The Morgan fingerprint density at radius 3 is 0.787 bits per heavy atom. The number of esters is 3. The molecule has 1 unspecified atom stereocenters. The molecule has 0 aliphatic carbocycles. The molecule has 0 aromatic rings. The van der Waals surface area contributed by atoms with Crippen LogP contribution in [0.2, 0.25) is 0 Å². The summed E-state index contributed by atoms with van der Waals surface area (Å²) in [5.74, 6) is -0.871. The van der Waals surface area contributed by atoms with Gasteiger partial charge in [0.2, 0.25) is 0 Å². The monoisotopic (exact) mass is 1050 g/mol. The van der Waals surface area contributed by atoms with Gasteiger partial charge in [0.15, 0.2) is 6.10 Å². The molecular formula is C69H126O6. The zero-order chi connectivity index (χ0) is 54.3. The van der Waals surface area contributed by atoms with Gasteiger partial charge in [0.1, 0.15) is 13.2 Å². The summed E-state index contributed by atoms with van der Waals surface area (Å²) in [7, 11) is 0. The molecule has 0 aromatic heterocycles. The molecule has 0 N–H and O–H groups in total. The van der Waals surface area contributed by atoms with Crippen LogP contribution < -0.4 is 0 Å². The molecule has 0 aliphatic rings. The molecule has 438 valence electrons. The molecular weight excluding hydrogens is 925 g/mol. The zero-order valence-electron chi connectivity index (χ0n) is 50.3. The fourth-order valence-electron chi connectivity index (χ4n) is 9.80. The van der Waals surface area contributed by atoms with Crippen LogP contribution in [-0.4, -0.2) is 37.2 Å². The number of carbonyl (C=O) groups is 3. The van der Waals surface area contributed by atoms with Crippen molar-refractivity contribution in [2.75, 3.05) is 13.2 Å². The highest BCUT2D eigenvalue weighted by Crippen LogP contribution is 2.17. The molecule has 6 nitrogen and oxygen atoms in total. The fourth-order valence-corrected chi connectivity index (χ4v) is 9.80. The largest absolute Gasteiger partial charge is 0.462 e. The van der Waals surface area contributed by atoms with E-state index in [1.807, 2.05) is 0 Å². The molecule has 6 heteroatoms. The SMILES string of the molecule is CCCCC/C=C\C/C=C\C/C=C\CCCCCCCCC(=O)OC(COC(=O)CCCCCCCCCCC)COC(=O)CCCCCCCCCCCCCCCCCCC/C=C\CCCCCCCCCC. The van der Waals surface area contributed by atoms with E-state index >= 15 is 0 Å². The van der Waals surface area contributed by atoms with Crippen molar-refractivity contribution in [2.45, 2.75) is 361 Å². The van der Waals surface area contributed by atoms with Gasteiger partial charge in [0.05, 0.1) is 0 Å². The Hall–Kier alpha value is -2.63. The molecule has 0 amide bonds. The second-order valence-corrected chi connectivity index (χ2v) is 22.4. The maximum absolute atomic E-state index is 12.9. The van der Waals surface area contributed by atoms with Crippen molar-refractivity contribution in [2.24, 2.45) is 0 Å². The first-order chi connectivity index (χ1) is 37.0. The average Bonchev–Trinajstić information content (AvgIpc) is 3.41. The maximum Gasteiger partial charge on any atom is 0.306 e. The topological polar surface area (TPSA) is 78.9 Å². The average molecular weight is 1050 g/mol. The Kier molecular flexibility index (Phi) is 61.7. The van der Waals surface area contributed by atoms with Crippen LogP contribution in [0.4, 0.5) is 0 Å². The minimum atomic E-state index is -0.777. The second kappa shape index (κ2) is 63.9. The number of hydrogen-bond acceptors (Lipinski definition) is 6. The molecule has 0 saturated carbocycles. The number of allylic oxidation sites excluding steroid dienone is 8. The van der Waals surface area contributed by atoms with Gasteiger partial charge in [-0.25, -0.2) is 0 Å². The molecule has 0 fully saturated rings. The van der Waals surface area contributed by atoms with Crippen LogP contribution in [-0.2, 0) is 28.6 Å². The molecule has 0 spiro atoms. The third kappa shape index (κ3) is 62.1. The van der Waals surface area contributed by atoms with Crippen LogP contribution in [0.25, 0.3) is 0 Å². The molecule has 1 atom stereocenters. The summed E-state index contributed by atoms with van der Waals surface area (Å²) >= 11 is 0. The third-order valence-electron chi connectivity index (χ3n) is 14.8. The highest BCUT2D eigenvalue weighted by Gasteiger charge is 2.19. The summed E-state index contributed by atoms with van der Waals surface area (Å²) in [4.78, 5) is 38.2. The van der Waals surface area contributed by atoms with Crippen molar-refractivity contribution in [3.8, 4) is 0 Å². The third-order valence-corrected chi connectivity index (χ3v) is 14.8. The van der Waals surface area contributed by atoms with Crippen molar-refractivity contribution in [3.63, 3.8) is 0 Å². The maximum atomic E-state index is 12.9. The summed E-state index contributed by atoms with van der Waals surface area (Å²) < 4.78 is 16.9. The molecule has 0 heterocycles. The molecule has 0 rings (SSSR count).